The van der Waals surface area contributed by atoms with Crippen molar-refractivity contribution in [3.63, 3.8) is 0 Å². The van der Waals surface area contributed by atoms with Crippen LogP contribution < -0.4 is 11.1 Å². The minimum Gasteiger partial charge on any atom is -0.399 e. The molecule has 92 valence electrons. The minimum atomic E-state index is -0.281. The van der Waals surface area contributed by atoms with Gasteiger partial charge in [0, 0.05) is 11.3 Å². The van der Waals surface area contributed by atoms with E-state index in [1.807, 2.05) is 6.92 Å². The number of nitrogens with two attached hydrogens (primary N) is 1. The molecule has 1 aromatic carbocycles. The lowest BCUT2D eigenvalue weighted by Gasteiger charge is -2.07. The van der Waals surface area contributed by atoms with Gasteiger partial charge < -0.3 is 11.1 Å². The lowest BCUT2D eigenvalue weighted by Crippen LogP contribution is -2.15. The third-order valence-electron chi connectivity index (χ3n) is 2.38. The molecule has 0 saturated heterocycles. The highest BCUT2D eigenvalue weighted by molar-refractivity contribution is 6.29. The maximum absolute atomic E-state index is 12.0. The number of hydrogen-bond donors (Lipinski definition) is 2. The Hall–Kier alpha value is -2.14. The first-order valence-corrected chi connectivity index (χ1v) is 5.61. The van der Waals surface area contributed by atoms with Crippen molar-refractivity contribution in [2.24, 2.45) is 0 Å². The van der Waals surface area contributed by atoms with Crippen LogP contribution in [0, 0.1) is 6.92 Å². The summed E-state index contributed by atoms with van der Waals surface area (Å²) in [4.78, 5) is 12.0. The molecule has 0 radical (unpaired) electrons. The van der Waals surface area contributed by atoms with Gasteiger partial charge in [0.05, 0.1) is 0 Å². The van der Waals surface area contributed by atoms with Crippen LogP contribution in [0.5, 0.6) is 0 Å². The second-order valence-corrected chi connectivity index (χ2v) is 4.16. The molecule has 5 nitrogen and oxygen atoms in total. The summed E-state index contributed by atoms with van der Waals surface area (Å²) in [5, 5.41) is 10.3. The molecule has 1 heterocycles. The smallest absolute Gasteiger partial charge is 0.257 e. The normalized spacial score (nSPS) is 10.1. The monoisotopic (exact) mass is 262 g/mol. The Morgan fingerprint density at radius 1 is 1.28 bits per heavy atom. The van der Waals surface area contributed by atoms with Crippen LogP contribution in [0.3, 0.4) is 0 Å². The molecule has 0 spiro atoms. The number of hydrogen-bond acceptors (Lipinski definition) is 4. The summed E-state index contributed by atoms with van der Waals surface area (Å²) in [5.74, 6) is 0.0580. The molecule has 18 heavy (non-hydrogen) atoms. The molecule has 0 fully saturated rings. The third-order valence-corrected chi connectivity index (χ3v) is 2.58. The summed E-state index contributed by atoms with van der Waals surface area (Å²) >= 11 is 5.61. The first-order chi connectivity index (χ1) is 8.56. The minimum absolute atomic E-state index is 0.271. The van der Waals surface area contributed by atoms with Crippen LogP contribution in [0.25, 0.3) is 0 Å². The fourth-order valence-corrected chi connectivity index (χ4v) is 1.55. The number of halogens is 1. The quantitative estimate of drug-likeness (QED) is 0.814. The van der Waals surface area contributed by atoms with Crippen LogP contribution in [0.1, 0.15) is 15.9 Å². The predicted octanol–water partition coefficient (Wildman–Crippen LogP) is 2.27. The lowest BCUT2D eigenvalue weighted by molar-refractivity contribution is 0.102. The number of nitrogens with zero attached hydrogens (tertiary/aromatic N) is 2. The Bertz CT molecular complexity index is 583. The van der Waals surface area contributed by atoms with Crippen LogP contribution in [0.2, 0.25) is 5.15 Å². The van der Waals surface area contributed by atoms with E-state index < -0.39 is 0 Å². The van der Waals surface area contributed by atoms with Gasteiger partial charge in [0.25, 0.3) is 5.91 Å². The molecule has 0 unspecified atom stereocenters. The largest absolute Gasteiger partial charge is 0.399 e. The topological polar surface area (TPSA) is 80.9 Å². The number of benzene rings is 1. The summed E-state index contributed by atoms with van der Waals surface area (Å²) in [6.45, 7) is 1.84. The van der Waals surface area contributed by atoms with E-state index >= 15 is 0 Å². The van der Waals surface area contributed by atoms with Gasteiger partial charge in [-0.05, 0) is 36.8 Å². The fourth-order valence-electron chi connectivity index (χ4n) is 1.45. The van der Waals surface area contributed by atoms with Gasteiger partial charge in [-0.25, -0.2) is 0 Å². The summed E-state index contributed by atoms with van der Waals surface area (Å²) < 4.78 is 0. The fraction of sp³-hybridized carbons (Fsp3) is 0.0833. The van der Waals surface area contributed by atoms with Crippen molar-refractivity contribution in [3.05, 3.63) is 46.6 Å². The Kier molecular flexibility index (Phi) is 3.43. The third kappa shape index (κ3) is 2.75. The number of aryl methyl sites for hydroxylation is 1. The molecule has 0 atom stereocenters. The molecule has 1 aromatic heterocycles. The van der Waals surface area contributed by atoms with Crippen LogP contribution in [-0.4, -0.2) is 16.1 Å². The molecule has 2 aromatic rings. The predicted molar refractivity (Wildman–Crippen MR) is 70.6 cm³/mol. The van der Waals surface area contributed by atoms with E-state index in [0.29, 0.717) is 17.1 Å². The highest BCUT2D eigenvalue weighted by Crippen LogP contribution is 2.14. The SMILES string of the molecule is Cc1ccc(N)cc1C(=O)Nc1ccc(Cl)nn1. The van der Waals surface area contributed by atoms with Crippen LogP contribution in [0.4, 0.5) is 11.5 Å². The van der Waals surface area contributed by atoms with E-state index in [1.54, 1.807) is 30.3 Å². The Labute approximate surface area is 109 Å². The Morgan fingerprint density at radius 2 is 2.06 bits per heavy atom. The van der Waals surface area contributed by atoms with Crippen molar-refractivity contribution >= 4 is 29.0 Å². The van der Waals surface area contributed by atoms with E-state index in [4.69, 9.17) is 17.3 Å². The zero-order valence-corrected chi connectivity index (χ0v) is 10.4. The van der Waals surface area contributed by atoms with Gasteiger partial charge in [-0.3, -0.25) is 4.79 Å². The Balaban J connectivity index is 2.21. The van der Waals surface area contributed by atoms with Gasteiger partial charge in [0.2, 0.25) is 0 Å². The summed E-state index contributed by atoms with van der Waals surface area (Å²) in [7, 11) is 0. The van der Waals surface area contributed by atoms with Crippen molar-refractivity contribution in [3.8, 4) is 0 Å². The maximum Gasteiger partial charge on any atom is 0.257 e. The van der Waals surface area contributed by atoms with E-state index in [1.165, 1.54) is 0 Å². The molecule has 3 N–H and O–H groups in total. The summed E-state index contributed by atoms with van der Waals surface area (Å²) in [5.41, 5.74) is 7.53. The van der Waals surface area contributed by atoms with Crippen molar-refractivity contribution in [1.29, 1.82) is 0 Å². The molecule has 6 heteroatoms. The van der Waals surface area contributed by atoms with Crippen molar-refractivity contribution in [1.82, 2.24) is 10.2 Å². The summed E-state index contributed by atoms with van der Waals surface area (Å²) in [6.07, 6.45) is 0. The van der Waals surface area contributed by atoms with Gasteiger partial charge in [-0.1, -0.05) is 17.7 Å². The van der Waals surface area contributed by atoms with E-state index in [0.717, 1.165) is 5.56 Å². The number of rotatable bonds is 2. The van der Waals surface area contributed by atoms with E-state index in [-0.39, 0.29) is 11.1 Å². The standard InChI is InChI=1S/C12H11ClN4O/c1-7-2-3-8(14)6-9(7)12(18)15-11-5-4-10(13)16-17-11/h2-6H,14H2,1H3,(H,15,17,18). The van der Waals surface area contributed by atoms with Gasteiger partial charge >= 0.3 is 0 Å². The van der Waals surface area contributed by atoms with Gasteiger partial charge in [0.15, 0.2) is 11.0 Å². The van der Waals surface area contributed by atoms with Gasteiger partial charge in [0.1, 0.15) is 0 Å². The highest BCUT2D eigenvalue weighted by atomic mass is 35.5. The molecule has 2 rings (SSSR count). The number of amides is 1. The number of anilines is 2. The number of aromatic nitrogens is 2. The molecule has 0 aliphatic heterocycles. The number of carbonyl (C=O) groups excluding carboxylic acids is 1. The van der Waals surface area contributed by atoms with Gasteiger partial charge in [-0.15, -0.1) is 10.2 Å². The molecule has 0 bridgehead atoms. The van der Waals surface area contributed by atoms with Crippen LogP contribution in [0.15, 0.2) is 30.3 Å². The zero-order chi connectivity index (χ0) is 13.1. The average Bonchev–Trinajstić information content (AvgIpc) is 2.35. The molecular weight excluding hydrogens is 252 g/mol. The number of nitrogen functional groups attached to an aromatic ring is 1. The van der Waals surface area contributed by atoms with Crippen molar-refractivity contribution in [2.75, 3.05) is 11.1 Å². The molecule has 0 saturated carbocycles. The van der Waals surface area contributed by atoms with E-state index in [9.17, 15) is 4.79 Å². The first-order valence-electron chi connectivity index (χ1n) is 5.23. The lowest BCUT2D eigenvalue weighted by atomic mass is 10.1. The molecular formula is C12H11ClN4O. The summed E-state index contributed by atoms with van der Waals surface area (Å²) in [6, 6.07) is 8.28. The van der Waals surface area contributed by atoms with Gasteiger partial charge in [-0.2, -0.15) is 0 Å². The second-order valence-electron chi connectivity index (χ2n) is 3.77. The molecule has 0 aliphatic rings. The first kappa shape index (κ1) is 12.3. The molecule has 0 aliphatic carbocycles. The van der Waals surface area contributed by atoms with Crippen LogP contribution >= 0.6 is 11.6 Å². The maximum atomic E-state index is 12.0. The van der Waals surface area contributed by atoms with E-state index in [2.05, 4.69) is 15.5 Å². The molecule has 1 amide bonds. The highest BCUT2D eigenvalue weighted by Gasteiger charge is 2.10. The van der Waals surface area contributed by atoms with Crippen molar-refractivity contribution < 1.29 is 4.79 Å². The second kappa shape index (κ2) is 5.01. The zero-order valence-electron chi connectivity index (χ0n) is 9.64. The number of carbonyl (C=O) groups is 1. The van der Waals surface area contributed by atoms with Crippen LogP contribution in [-0.2, 0) is 0 Å². The van der Waals surface area contributed by atoms with Crippen molar-refractivity contribution in [2.45, 2.75) is 6.92 Å². The number of nitrogens with one attached hydrogen (secondary N) is 1. The Morgan fingerprint density at radius 3 is 2.72 bits per heavy atom. The average molecular weight is 263 g/mol.